The van der Waals surface area contributed by atoms with Crippen LogP contribution in [0, 0.1) is 0 Å². The predicted octanol–water partition coefficient (Wildman–Crippen LogP) is 0.278. The summed E-state index contributed by atoms with van der Waals surface area (Å²) in [5.74, 6) is 5.35. The van der Waals surface area contributed by atoms with E-state index in [4.69, 9.17) is 10.7 Å². The van der Waals surface area contributed by atoms with Crippen LogP contribution in [0.2, 0.25) is 0 Å². The molecule has 0 unspecified atom stereocenters. The summed E-state index contributed by atoms with van der Waals surface area (Å²) in [7, 11) is 0. The Morgan fingerprint density at radius 2 is 2.12 bits per heavy atom. The fraction of sp³-hybridized carbons (Fsp3) is 1.00. The van der Waals surface area contributed by atoms with E-state index in [-0.39, 0.29) is 0 Å². The summed E-state index contributed by atoms with van der Waals surface area (Å²) in [6, 6.07) is 0. The van der Waals surface area contributed by atoms with Crippen molar-refractivity contribution in [3.8, 4) is 0 Å². The second-order valence-corrected chi connectivity index (χ2v) is 2.03. The lowest BCUT2D eigenvalue weighted by Crippen LogP contribution is -2.30. The Kier molecular flexibility index (Phi) is 2.27. The van der Waals surface area contributed by atoms with Gasteiger partial charge in [0.25, 0.3) is 0 Å². The average Bonchev–Trinajstić information content (AvgIpc) is 1.94. The van der Waals surface area contributed by atoms with Crippen LogP contribution in [0.25, 0.3) is 0 Å². The minimum atomic E-state index is 0.788. The number of hydrazine groups is 1. The van der Waals surface area contributed by atoms with Crippen LogP contribution in [0.5, 0.6) is 0 Å². The van der Waals surface area contributed by atoms with Gasteiger partial charge in [0.05, 0.1) is 6.61 Å². The van der Waals surface area contributed by atoms with Crippen molar-refractivity contribution < 1.29 is 4.84 Å². The van der Waals surface area contributed by atoms with Gasteiger partial charge in [0, 0.05) is 6.54 Å². The van der Waals surface area contributed by atoms with Gasteiger partial charge in [-0.1, -0.05) is 0 Å². The Morgan fingerprint density at radius 3 is 3.00 bits per heavy atom. The maximum atomic E-state index is 5.35. The van der Waals surface area contributed by atoms with Crippen LogP contribution in [0.4, 0.5) is 0 Å². The molecular formula is C5H12N2O. The minimum absolute atomic E-state index is 0.788. The van der Waals surface area contributed by atoms with Crippen LogP contribution in [-0.4, -0.2) is 18.3 Å². The van der Waals surface area contributed by atoms with E-state index in [9.17, 15) is 0 Å². The molecular weight excluding hydrogens is 104 g/mol. The third-order valence-corrected chi connectivity index (χ3v) is 1.28. The molecule has 0 aromatic carbocycles. The minimum Gasteiger partial charge on any atom is -0.284 e. The molecule has 0 spiro atoms. The summed E-state index contributed by atoms with van der Waals surface area (Å²) in [5.41, 5.74) is 0. The second kappa shape index (κ2) is 3.02. The number of hydrogen-bond donors (Lipinski definition) is 1. The highest BCUT2D eigenvalue weighted by Crippen LogP contribution is 2.02. The molecule has 0 aromatic heterocycles. The van der Waals surface area contributed by atoms with E-state index in [0.29, 0.717) is 0 Å². The summed E-state index contributed by atoms with van der Waals surface area (Å²) in [6.45, 7) is 1.66. The van der Waals surface area contributed by atoms with Crippen molar-refractivity contribution in [2.45, 2.75) is 19.3 Å². The SMILES string of the molecule is NN1CCCCCO1. The molecule has 0 radical (unpaired) electrons. The van der Waals surface area contributed by atoms with Gasteiger partial charge in [-0.2, -0.15) is 0 Å². The van der Waals surface area contributed by atoms with E-state index in [1.54, 1.807) is 0 Å². The maximum absolute atomic E-state index is 5.35. The highest BCUT2D eigenvalue weighted by atomic mass is 16.7. The summed E-state index contributed by atoms with van der Waals surface area (Å²) in [6.07, 6.45) is 3.55. The van der Waals surface area contributed by atoms with Crippen molar-refractivity contribution in [2.75, 3.05) is 13.2 Å². The normalized spacial score (nSPS) is 25.1. The van der Waals surface area contributed by atoms with Crippen LogP contribution in [0.15, 0.2) is 0 Å². The first-order chi connectivity index (χ1) is 3.89. The Bertz CT molecular complexity index is 59.4. The molecule has 3 heteroatoms. The first-order valence-electron chi connectivity index (χ1n) is 3.05. The monoisotopic (exact) mass is 116 g/mol. The molecule has 8 heavy (non-hydrogen) atoms. The van der Waals surface area contributed by atoms with Crippen molar-refractivity contribution in [2.24, 2.45) is 5.84 Å². The fourth-order valence-corrected chi connectivity index (χ4v) is 0.793. The molecule has 0 saturated carbocycles. The third kappa shape index (κ3) is 1.78. The summed E-state index contributed by atoms with van der Waals surface area (Å²) < 4.78 is 0. The molecule has 1 aliphatic rings. The smallest absolute Gasteiger partial charge is 0.0701 e. The predicted molar refractivity (Wildman–Crippen MR) is 30.7 cm³/mol. The molecule has 0 aliphatic carbocycles. The zero-order chi connectivity index (χ0) is 5.82. The summed E-state index contributed by atoms with van der Waals surface area (Å²) >= 11 is 0. The Balaban J connectivity index is 2.17. The van der Waals surface area contributed by atoms with Gasteiger partial charge in [-0.25, -0.2) is 5.84 Å². The molecule has 1 rings (SSSR count). The molecule has 0 bridgehead atoms. The van der Waals surface area contributed by atoms with Crippen molar-refractivity contribution >= 4 is 0 Å². The molecule has 3 nitrogen and oxygen atoms in total. The van der Waals surface area contributed by atoms with Crippen LogP contribution in [0.3, 0.4) is 0 Å². The first-order valence-corrected chi connectivity index (χ1v) is 3.05. The van der Waals surface area contributed by atoms with E-state index in [1.807, 2.05) is 0 Å². The lowest BCUT2D eigenvalue weighted by atomic mass is 10.2. The number of nitrogens with zero attached hydrogens (tertiary/aromatic N) is 1. The second-order valence-electron chi connectivity index (χ2n) is 2.03. The highest BCUT2D eigenvalue weighted by Gasteiger charge is 2.02. The molecule has 0 atom stereocenters. The van der Waals surface area contributed by atoms with Crippen LogP contribution in [-0.2, 0) is 4.84 Å². The lowest BCUT2D eigenvalue weighted by Gasteiger charge is -2.10. The topological polar surface area (TPSA) is 38.5 Å². The van der Waals surface area contributed by atoms with Gasteiger partial charge in [0.1, 0.15) is 0 Å². The Labute approximate surface area is 49.3 Å². The van der Waals surface area contributed by atoms with Gasteiger partial charge < -0.3 is 0 Å². The highest BCUT2D eigenvalue weighted by molar-refractivity contribution is 4.45. The van der Waals surface area contributed by atoms with Crippen molar-refractivity contribution in [3.05, 3.63) is 0 Å². The van der Waals surface area contributed by atoms with Gasteiger partial charge in [-0.3, -0.25) is 4.84 Å². The zero-order valence-electron chi connectivity index (χ0n) is 4.97. The molecule has 0 aromatic rings. The Morgan fingerprint density at radius 1 is 1.25 bits per heavy atom. The average molecular weight is 116 g/mol. The van der Waals surface area contributed by atoms with Crippen LogP contribution >= 0.6 is 0 Å². The molecule has 1 heterocycles. The van der Waals surface area contributed by atoms with Crippen molar-refractivity contribution in [1.82, 2.24) is 5.17 Å². The van der Waals surface area contributed by atoms with Crippen LogP contribution < -0.4 is 5.84 Å². The maximum Gasteiger partial charge on any atom is 0.0701 e. The standard InChI is InChI=1S/C5H12N2O/c6-7-4-2-1-3-5-8-7/h1-6H2. The summed E-state index contributed by atoms with van der Waals surface area (Å²) in [5, 5.41) is 1.42. The molecule has 1 aliphatic heterocycles. The first kappa shape index (κ1) is 6.01. The van der Waals surface area contributed by atoms with E-state index < -0.39 is 0 Å². The third-order valence-electron chi connectivity index (χ3n) is 1.28. The van der Waals surface area contributed by atoms with Gasteiger partial charge in [0.2, 0.25) is 0 Å². The molecule has 0 amide bonds. The van der Waals surface area contributed by atoms with E-state index in [2.05, 4.69) is 0 Å². The van der Waals surface area contributed by atoms with Crippen LogP contribution in [0.1, 0.15) is 19.3 Å². The molecule has 2 N–H and O–H groups in total. The molecule has 1 saturated heterocycles. The van der Waals surface area contributed by atoms with Gasteiger partial charge in [-0.15, -0.1) is 5.17 Å². The number of hydrogen-bond acceptors (Lipinski definition) is 3. The van der Waals surface area contributed by atoms with E-state index in [1.165, 1.54) is 11.6 Å². The zero-order valence-corrected chi connectivity index (χ0v) is 4.97. The van der Waals surface area contributed by atoms with E-state index in [0.717, 1.165) is 26.0 Å². The molecule has 48 valence electrons. The summed E-state index contributed by atoms with van der Waals surface area (Å²) in [4.78, 5) is 5.01. The number of nitrogens with two attached hydrogens (primary N) is 1. The quantitative estimate of drug-likeness (QED) is 0.462. The molecule has 1 fully saturated rings. The van der Waals surface area contributed by atoms with Gasteiger partial charge in [-0.05, 0) is 19.3 Å². The largest absolute Gasteiger partial charge is 0.284 e. The fourth-order valence-electron chi connectivity index (χ4n) is 0.793. The van der Waals surface area contributed by atoms with Crippen molar-refractivity contribution in [3.63, 3.8) is 0 Å². The Hall–Kier alpha value is -0.120. The number of hydroxylamine groups is 1. The van der Waals surface area contributed by atoms with E-state index >= 15 is 0 Å². The van der Waals surface area contributed by atoms with Gasteiger partial charge in [0.15, 0.2) is 0 Å². The number of rotatable bonds is 0. The lowest BCUT2D eigenvalue weighted by molar-refractivity contribution is -0.154. The van der Waals surface area contributed by atoms with Gasteiger partial charge >= 0.3 is 0 Å². The van der Waals surface area contributed by atoms with Crippen molar-refractivity contribution in [1.29, 1.82) is 0 Å².